The van der Waals surface area contributed by atoms with Gasteiger partial charge in [-0.25, -0.2) is 4.39 Å². The van der Waals surface area contributed by atoms with E-state index in [1.165, 1.54) is 6.07 Å². The van der Waals surface area contributed by atoms with E-state index in [4.69, 9.17) is 16.3 Å². The second-order valence-electron chi connectivity index (χ2n) is 6.25. The molecule has 1 nitrogen and oxygen atoms in total. The summed E-state index contributed by atoms with van der Waals surface area (Å²) in [6.45, 7) is 8.32. The van der Waals surface area contributed by atoms with Crippen molar-refractivity contribution >= 4 is 11.6 Å². The quantitative estimate of drug-likeness (QED) is 0.635. The molecule has 0 bridgehead atoms. The van der Waals surface area contributed by atoms with Crippen molar-refractivity contribution in [1.29, 1.82) is 0 Å². The molecule has 0 amide bonds. The highest BCUT2D eigenvalue weighted by Crippen LogP contribution is 2.35. The summed E-state index contributed by atoms with van der Waals surface area (Å²) in [5.41, 5.74) is 2.79. The minimum Gasteiger partial charge on any atom is -0.454 e. The van der Waals surface area contributed by atoms with Crippen LogP contribution in [0.15, 0.2) is 36.4 Å². The minimum absolute atomic E-state index is 0.0738. The van der Waals surface area contributed by atoms with E-state index >= 15 is 0 Å². The van der Waals surface area contributed by atoms with Crippen molar-refractivity contribution in [2.45, 2.75) is 39.0 Å². The van der Waals surface area contributed by atoms with E-state index in [0.29, 0.717) is 5.75 Å². The fourth-order valence-electron chi connectivity index (χ4n) is 2.16. The highest BCUT2D eigenvalue weighted by molar-refractivity contribution is 6.17. The lowest BCUT2D eigenvalue weighted by atomic mass is 9.86. The molecule has 0 fully saturated rings. The first-order chi connectivity index (χ1) is 9.81. The Bertz CT molecular complexity index is 644. The first-order valence-corrected chi connectivity index (χ1v) is 7.48. The number of aryl methyl sites for hydroxylation is 1. The number of hydrogen-bond acceptors (Lipinski definition) is 1. The summed E-state index contributed by atoms with van der Waals surface area (Å²) in [6, 6.07) is 10.8. The summed E-state index contributed by atoms with van der Waals surface area (Å²) < 4.78 is 19.9. The molecule has 0 atom stereocenters. The molecule has 0 unspecified atom stereocenters. The zero-order valence-corrected chi connectivity index (χ0v) is 13.6. The number of benzene rings is 2. The largest absolute Gasteiger partial charge is 0.454 e. The molecule has 21 heavy (non-hydrogen) atoms. The van der Waals surface area contributed by atoms with Crippen LogP contribution in [0.5, 0.6) is 11.5 Å². The van der Waals surface area contributed by atoms with Crippen LogP contribution in [0.1, 0.15) is 37.5 Å². The average Bonchev–Trinajstić information content (AvgIpc) is 2.39. The molecule has 0 aromatic heterocycles. The van der Waals surface area contributed by atoms with Gasteiger partial charge in [0.15, 0.2) is 11.6 Å². The van der Waals surface area contributed by atoms with E-state index in [9.17, 15) is 4.39 Å². The maximum Gasteiger partial charge on any atom is 0.166 e. The molecule has 0 saturated carbocycles. The van der Waals surface area contributed by atoms with Gasteiger partial charge in [-0.1, -0.05) is 39.0 Å². The average molecular weight is 307 g/mol. The molecular formula is C18H20ClFO. The molecule has 2 aromatic rings. The zero-order chi connectivity index (χ0) is 15.6. The third-order valence-corrected chi connectivity index (χ3v) is 3.62. The van der Waals surface area contributed by atoms with E-state index in [-0.39, 0.29) is 17.0 Å². The molecule has 0 aliphatic rings. The first-order valence-electron chi connectivity index (χ1n) is 6.94. The van der Waals surface area contributed by atoms with Gasteiger partial charge in [0, 0.05) is 11.4 Å². The van der Waals surface area contributed by atoms with Gasteiger partial charge in [-0.05, 0) is 41.7 Å². The Hall–Kier alpha value is -1.54. The lowest BCUT2D eigenvalue weighted by molar-refractivity contribution is 0.424. The van der Waals surface area contributed by atoms with Gasteiger partial charge in [0.2, 0.25) is 0 Å². The molecule has 0 spiro atoms. The number of rotatable bonds is 3. The van der Waals surface area contributed by atoms with E-state index in [0.717, 1.165) is 16.7 Å². The van der Waals surface area contributed by atoms with Crippen LogP contribution < -0.4 is 4.74 Å². The van der Waals surface area contributed by atoms with Gasteiger partial charge in [0.25, 0.3) is 0 Å². The normalized spacial score (nSPS) is 11.5. The van der Waals surface area contributed by atoms with Crippen LogP contribution in [0.3, 0.4) is 0 Å². The van der Waals surface area contributed by atoms with Crippen molar-refractivity contribution in [2.75, 3.05) is 0 Å². The second kappa shape index (κ2) is 6.07. The number of ether oxygens (including phenoxy) is 1. The lowest BCUT2D eigenvalue weighted by Crippen LogP contribution is -2.12. The second-order valence-corrected chi connectivity index (χ2v) is 6.52. The van der Waals surface area contributed by atoms with Crippen LogP contribution in [0.2, 0.25) is 0 Å². The summed E-state index contributed by atoms with van der Waals surface area (Å²) in [5.74, 6) is 0.809. The van der Waals surface area contributed by atoms with Crippen LogP contribution in [-0.4, -0.2) is 0 Å². The van der Waals surface area contributed by atoms with Crippen LogP contribution >= 0.6 is 11.6 Å². The van der Waals surface area contributed by atoms with Crippen molar-refractivity contribution < 1.29 is 9.13 Å². The molecule has 0 saturated heterocycles. The fraction of sp³-hybridized carbons (Fsp3) is 0.333. The summed E-state index contributed by atoms with van der Waals surface area (Å²) in [5, 5.41) is 0. The van der Waals surface area contributed by atoms with E-state index in [1.54, 1.807) is 12.1 Å². The molecule has 2 rings (SSSR count). The van der Waals surface area contributed by atoms with Gasteiger partial charge in [-0.3, -0.25) is 0 Å². The van der Waals surface area contributed by atoms with E-state index in [2.05, 4.69) is 20.8 Å². The Kier molecular flexibility index (Phi) is 4.58. The SMILES string of the molecule is Cc1ccc(C(C)(C)C)c(Oc2ccc(CCl)cc2F)c1. The minimum atomic E-state index is -0.394. The summed E-state index contributed by atoms with van der Waals surface area (Å²) in [4.78, 5) is 0. The summed E-state index contributed by atoms with van der Waals surface area (Å²) in [6.07, 6.45) is 0. The highest BCUT2D eigenvalue weighted by Gasteiger charge is 2.20. The molecule has 0 heterocycles. The monoisotopic (exact) mass is 306 g/mol. The van der Waals surface area contributed by atoms with Gasteiger partial charge in [-0.15, -0.1) is 11.6 Å². The molecule has 0 aliphatic heterocycles. The number of halogens is 2. The first kappa shape index (κ1) is 15.8. The smallest absolute Gasteiger partial charge is 0.166 e. The van der Waals surface area contributed by atoms with Gasteiger partial charge in [0.1, 0.15) is 5.75 Å². The van der Waals surface area contributed by atoms with Crippen LogP contribution in [0.4, 0.5) is 4.39 Å². The van der Waals surface area contributed by atoms with Gasteiger partial charge in [-0.2, -0.15) is 0 Å². The Morgan fingerprint density at radius 1 is 1.05 bits per heavy atom. The highest BCUT2D eigenvalue weighted by atomic mass is 35.5. The third-order valence-electron chi connectivity index (χ3n) is 3.32. The van der Waals surface area contributed by atoms with Crippen LogP contribution in [0, 0.1) is 12.7 Å². The molecule has 0 aliphatic carbocycles. The predicted octanol–water partition coefficient (Wildman–Crippen LogP) is 5.96. The van der Waals surface area contributed by atoms with Crippen LogP contribution in [0.25, 0.3) is 0 Å². The van der Waals surface area contributed by atoms with Gasteiger partial charge in [0.05, 0.1) is 0 Å². The Morgan fingerprint density at radius 3 is 2.33 bits per heavy atom. The van der Waals surface area contributed by atoms with Gasteiger partial charge < -0.3 is 4.74 Å². The predicted molar refractivity (Wildman–Crippen MR) is 85.9 cm³/mol. The van der Waals surface area contributed by atoms with Gasteiger partial charge >= 0.3 is 0 Å². The number of alkyl halides is 1. The summed E-state index contributed by atoms with van der Waals surface area (Å²) in [7, 11) is 0. The molecular weight excluding hydrogens is 287 g/mol. The zero-order valence-electron chi connectivity index (χ0n) is 12.8. The molecule has 112 valence electrons. The lowest BCUT2D eigenvalue weighted by Gasteiger charge is -2.23. The molecule has 0 radical (unpaired) electrons. The van der Waals surface area contributed by atoms with Crippen molar-refractivity contribution in [1.82, 2.24) is 0 Å². The molecule has 2 aromatic carbocycles. The number of hydrogen-bond donors (Lipinski definition) is 0. The van der Waals surface area contributed by atoms with Crippen molar-refractivity contribution in [3.63, 3.8) is 0 Å². The standard InChI is InChI=1S/C18H20ClFO/c1-12-5-7-14(18(2,3)4)17(9-12)21-16-8-6-13(11-19)10-15(16)20/h5-10H,11H2,1-4H3. The maximum atomic E-state index is 14.1. The topological polar surface area (TPSA) is 9.23 Å². The fourth-order valence-corrected chi connectivity index (χ4v) is 2.33. The van der Waals surface area contributed by atoms with E-state index < -0.39 is 5.82 Å². The van der Waals surface area contributed by atoms with E-state index in [1.807, 2.05) is 25.1 Å². The Labute approximate surface area is 130 Å². The summed E-state index contributed by atoms with van der Waals surface area (Å²) >= 11 is 5.71. The third kappa shape index (κ3) is 3.76. The Morgan fingerprint density at radius 2 is 1.76 bits per heavy atom. The molecule has 0 N–H and O–H groups in total. The maximum absolute atomic E-state index is 14.1. The van der Waals surface area contributed by atoms with Crippen molar-refractivity contribution in [3.8, 4) is 11.5 Å². The molecule has 3 heteroatoms. The van der Waals surface area contributed by atoms with Crippen molar-refractivity contribution in [3.05, 3.63) is 58.9 Å². The Balaban J connectivity index is 2.41. The van der Waals surface area contributed by atoms with Crippen molar-refractivity contribution in [2.24, 2.45) is 0 Å². The van der Waals surface area contributed by atoms with Crippen LogP contribution in [-0.2, 0) is 11.3 Å².